The van der Waals surface area contributed by atoms with Gasteiger partial charge in [-0.3, -0.25) is 9.59 Å². The maximum atomic E-state index is 12.4. The first-order valence-corrected chi connectivity index (χ1v) is 9.68. The number of aromatic carboxylic acids is 1. The van der Waals surface area contributed by atoms with Gasteiger partial charge in [0.1, 0.15) is 23.5 Å². The van der Waals surface area contributed by atoms with Gasteiger partial charge in [-0.25, -0.2) is 4.79 Å². The van der Waals surface area contributed by atoms with Crippen LogP contribution in [0.3, 0.4) is 0 Å². The van der Waals surface area contributed by atoms with E-state index >= 15 is 0 Å². The summed E-state index contributed by atoms with van der Waals surface area (Å²) in [6, 6.07) is 1.64. The summed E-state index contributed by atoms with van der Waals surface area (Å²) in [6.07, 6.45) is -0.216. The fourth-order valence-corrected chi connectivity index (χ4v) is 3.38. The number of nitrogens with two attached hydrogens (primary N) is 1. The molecule has 0 aliphatic carbocycles. The van der Waals surface area contributed by atoms with Crippen molar-refractivity contribution in [3.05, 3.63) is 23.3 Å². The van der Waals surface area contributed by atoms with Crippen LogP contribution < -0.4 is 20.4 Å². The number of benzene rings is 1. The van der Waals surface area contributed by atoms with E-state index in [9.17, 15) is 29.5 Å². The van der Waals surface area contributed by atoms with Crippen LogP contribution in [0, 0.1) is 0 Å². The van der Waals surface area contributed by atoms with Gasteiger partial charge in [0.25, 0.3) is 0 Å². The summed E-state index contributed by atoms with van der Waals surface area (Å²) in [4.78, 5) is 37.2. The van der Waals surface area contributed by atoms with E-state index in [-0.39, 0.29) is 48.8 Å². The Morgan fingerprint density at radius 2 is 1.97 bits per heavy atom. The maximum absolute atomic E-state index is 12.4. The number of carbonyl (C=O) groups is 3. The van der Waals surface area contributed by atoms with Crippen molar-refractivity contribution >= 4 is 24.5 Å². The monoisotopic (exact) mass is 422 g/mol. The molecule has 164 valence electrons. The van der Waals surface area contributed by atoms with Crippen LogP contribution >= 0.6 is 0 Å². The molecule has 12 heteroatoms. The molecule has 0 bridgehead atoms. The van der Waals surface area contributed by atoms with Crippen molar-refractivity contribution in [1.29, 1.82) is 0 Å². The molecular formula is C18H25BN3O8-. The van der Waals surface area contributed by atoms with Gasteiger partial charge in [-0.15, -0.1) is 0 Å². The van der Waals surface area contributed by atoms with Gasteiger partial charge >= 0.3 is 12.7 Å². The van der Waals surface area contributed by atoms with E-state index in [1.54, 1.807) is 13.0 Å². The van der Waals surface area contributed by atoms with Crippen LogP contribution in [0.2, 0.25) is 6.32 Å². The van der Waals surface area contributed by atoms with E-state index in [0.29, 0.717) is 5.56 Å². The number of hydrogen-bond acceptors (Lipinski definition) is 8. The minimum absolute atomic E-state index is 0.0187. The number of amides is 2. The molecule has 0 radical (unpaired) electrons. The zero-order valence-electron chi connectivity index (χ0n) is 16.7. The van der Waals surface area contributed by atoms with E-state index in [1.807, 2.05) is 0 Å². The van der Waals surface area contributed by atoms with Crippen LogP contribution in [0.15, 0.2) is 12.1 Å². The van der Waals surface area contributed by atoms with Gasteiger partial charge in [0.2, 0.25) is 11.8 Å². The van der Waals surface area contributed by atoms with Crippen LogP contribution in [0.5, 0.6) is 11.5 Å². The molecule has 0 aromatic heterocycles. The lowest BCUT2D eigenvalue weighted by Crippen LogP contribution is -2.61. The fraction of sp³-hybridized carbons (Fsp3) is 0.500. The molecule has 0 spiro atoms. The lowest BCUT2D eigenvalue weighted by molar-refractivity contribution is -0.143. The molecule has 2 aliphatic heterocycles. The average Bonchev–Trinajstić information content (AvgIpc) is 2.61. The Balaban J connectivity index is 1.66. The van der Waals surface area contributed by atoms with E-state index < -0.39 is 36.8 Å². The third-order valence-corrected chi connectivity index (χ3v) is 5.11. The third-order valence-electron chi connectivity index (χ3n) is 5.11. The number of fused-ring (bicyclic) bond motifs is 1. The predicted molar refractivity (Wildman–Crippen MR) is 105 cm³/mol. The maximum Gasteiger partial charge on any atom is 0.430 e. The first-order valence-electron chi connectivity index (χ1n) is 9.68. The molecule has 2 atom stereocenters. The Bertz CT molecular complexity index is 869. The van der Waals surface area contributed by atoms with Crippen molar-refractivity contribution in [1.82, 2.24) is 10.2 Å². The lowest BCUT2D eigenvalue weighted by atomic mass is 9.70. The Morgan fingerprint density at radius 1 is 1.30 bits per heavy atom. The van der Waals surface area contributed by atoms with Crippen molar-refractivity contribution in [2.45, 2.75) is 44.8 Å². The second-order valence-electron chi connectivity index (χ2n) is 7.75. The average molecular weight is 422 g/mol. The summed E-state index contributed by atoms with van der Waals surface area (Å²) >= 11 is 0. The second kappa shape index (κ2) is 8.13. The molecule has 1 aromatic carbocycles. The molecule has 3 rings (SSSR count). The zero-order chi connectivity index (χ0) is 22.2. The third kappa shape index (κ3) is 4.50. The van der Waals surface area contributed by atoms with Crippen molar-refractivity contribution in [3.8, 4) is 11.5 Å². The predicted octanol–water partition coefficient (Wildman–Crippen LogP) is -1.32. The molecule has 30 heavy (non-hydrogen) atoms. The summed E-state index contributed by atoms with van der Waals surface area (Å²) in [6.45, 7) is 0.365. The molecule has 1 saturated heterocycles. The molecule has 6 N–H and O–H groups in total. The summed E-state index contributed by atoms with van der Waals surface area (Å²) in [5.41, 5.74) is 5.73. The molecule has 2 aliphatic rings. The Hall–Kier alpha value is -2.83. The van der Waals surface area contributed by atoms with Gasteiger partial charge in [0, 0.05) is 0 Å². The van der Waals surface area contributed by atoms with Crippen LogP contribution in [0.4, 0.5) is 0 Å². The number of nitrogens with one attached hydrogen (secondary N) is 1. The van der Waals surface area contributed by atoms with Crippen LogP contribution in [0.25, 0.3) is 0 Å². The quantitative estimate of drug-likeness (QED) is 0.349. The Kier molecular flexibility index (Phi) is 5.93. The van der Waals surface area contributed by atoms with Crippen molar-refractivity contribution < 1.29 is 38.9 Å². The number of aryl methyl sites for hydroxylation is 1. The molecule has 11 nitrogen and oxygen atoms in total. The largest absolute Gasteiger partial charge is 0.669 e. The highest BCUT2D eigenvalue weighted by Gasteiger charge is 2.37. The second-order valence-corrected chi connectivity index (χ2v) is 7.75. The van der Waals surface area contributed by atoms with Gasteiger partial charge in [-0.1, -0.05) is 12.4 Å². The van der Waals surface area contributed by atoms with Crippen LogP contribution in [-0.2, 0) is 16.0 Å². The van der Waals surface area contributed by atoms with E-state index in [1.165, 1.54) is 17.9 Å². The first-order chi connectivity index (χ1) is 14.0. The van der Waals surface area contributed by atoms with Gasteiger partial charge in [0.05, 0.1) is 24.9 Å². The number of carboxylic acids is 1. The van der Waals surface area contributed by atoms with Crippen molar-refractivity contribution in [3.63, 3.8) is 0 Å². The first kappa shape index (κ1) is 21.9. The minimum Gasteiger partial charge on any atom is -0.669 e. The number of ether oxygens (including phenoxy) is 1. The van der Waals surface area contributed by atoms with Crippen molar-refractivity contribution in [2.75, 3.05) is 13.1 Å². The standard InChI is InChI=1S/C18H25BN3O8/c1-9(20)16(23)21-10(2)17(24)22-7-12(8-22)29-13-4-3-11-5-6-19(27,28)30-15(11)14(13)18(25)26/h3-4,9-10,12,27-28H,5-8,20H2,1-2H3,(H,21,23)(H,25,26)/q-1. The van der Waals surface area contributed by atoms with Gasteiger partial charge in [-0.2, -0.15) is 0 Å². The van der Waals surface area contributed by atoms with Crippen LogP contribution in [0.1, 0.15) is 29.8 Å². The topological polar surface area (TPSA) is 172 Å². The molecule has 2 amide bonds. The fourth-order valence-electron chi connectivity index (χ4n) is 3.38. The molecule has 0 saturated carbocycles. The smallest absolute Gasteiger partial charge is 0.430 e. The highest BCUT2D eigenvalue weighted by Crippen LogP contribution is 2.38. The van der Waals surface area contributed by atoms with Gasteiger partial charge in [0.15, 0.2) is 0 Å². The Morgan fingerprint density at radius 3 is 2.57 bits per heavy atom. The van der Waals surface area contributed by atoms with Gasteiger partial charge < -0.3 is 40.5 Å². The number of carboxylic acid groups (broad SMARTS) is 1. The van der Waals surface area contributed by atoms with Gasteiger partial charge in [-0.05, 0) is 31.9 Å². The molecule has 1 aromatic rings. The van der Waals surface area contributed by atoms with E-state index in [2.05, 4.69) is 5.32 Å². The molecule has 2 heterocycles. The van der Waals surface area contributed by atoms with E-state index in [4.69, 9.17) is 15.1 Å². The summed E-state index contributed by atoms with van der Waals surface area (Å²) < 4.78 is 10.9. The number of nitrogens with zero attached hydrogens (tertiary/aromatic N) is 1. The highest BCUT2D eigenvalue weighted by atomic mass is 16.6. The molecule has 2 unspecified atom stereocenters. The highest BCUT2D eigenvalue weighted by molar-refractivity contribution is 6.59. The number of carbonyl (C=O) groups excluding carboxylic acids is 2. The lowest BCUT2D eigenvalue weighted by Gasteiger charge is -2.41. The summed E-state index contributed by atoms with van der Waals surface area (Å²) in [5.74, 6) is -2.16. The van der Waals surface area contributed by atoms with Crippen molar-refractivity contribution in [2.24, 2.45) is 5.73 Å². The minimum atomic E-state index is -3.12. The Labute approximate surface area is 172 Å². The normalized spacial score (nSPS) is 19.6. The number of hydrogen-bond donors (Lipinski definition) is 5. The zero-order valence-corrected chi connectivity index (χ0v) is 16.7. The molecule has 1 fully saturated rings. The number of rotatable bonds is 6. The molecular weight excluding hydrogens is 397 g/mol. The number of likely N-dealkylation sites (tertiary alicyclic amines) is 1. The van der Waals surface area contributed by atoms with E-state index in [0.717, 1.165) is 0 Å². The van der Waals surface area contributed by atoms with Crippen LogP contribution in [-0.4, -0.2) is 75.9 Å². The SMILES string of the molecule is CC(N)C(=O)NC(C)C(=O)N1CC(Oc2ccc3c(c2C(=O)O)O[B-](O)(O)CC3)C1. The summed E-state index contributed by atoms with van der Waals surface area (Å²) in [5, 5.41) is 31.7. The summed E-state index contributed by atoms with van der Waals surface area (Å²) in [7, 11) is 0.